The van der Waals surface area contributed by atoms with E-state index in [4.69, 9.17) is 6.42 Å². The van der Waals surface area contributed by atoms with Crippen molar-refractivity contribution in [1.82, 2.24) is 9.88 Å². The molecule has 0 saturated carbocycles. The van der Waals surface area contributed by atoms with Crippen LogP contribution in [-0.2, 0) is 0 Å². The molecular weight excluding hydrogens is 210 g/mol. The molecule has 2 aliphatic heterocycles. The molecule has 0 amide bonds. The number of aromatic nitrogens is 1. The van der Waals surface area contributed by atoms with Gasteiger partial charge in [-0.1, -0.05) is 5.92 Å². The molecule has 0 N–H and O–H groups in total. The van der Waals surface area contributed by atoms with E-state index in [9.17, 15) is 0 Å². The second-order valence-electron chi connectivity index (χ2n) is 5.00. The number of nitrogens with zero attached hydrogens (tertiary/aromatic N) is 3. The van der Waals surface area contributed by atoms with Crippen LogP contribution in [0, 0.1) is 12.3 Å². The SMILES string of the molecule is C#Cc1ccc(N2CC3CCC(C2)N3C)nc1. The summed E-state index contributed by atoms with van der Waals surface area (Å²) < 4.78 is 0. The molecule has 2 aliphatic rings. The summed E-state index contributed by atoms with van der Waals surface area (Å²) in [5.74, 6) is 3.67. The van der Waals surface area contributed by atoms with E-state index in [0.29, 0.717) is 12.1 Å². The minimum absolute atomic E-state index is 0.697. The summed E-state index contributed by atoms with van der Waals surface area (Å²) in [6, 6.07) is 5.41. The van der Waals surface area contributed by atoms with Crippen molar-refractivity contribution in [2.24, 2.45) is 0 Å². The van der Waals surface area contributed by atoms with Gasteiger partial charge in [0.1, 0.15) is 5.82 Å². The molecule has 3 heterocycles. The minimum Gasteiger partial charge on any atom is -0.353 e. The van der Waals surface area contributed by atoms with Crippen LogP contribution in [0.5, 0.6) is 0 Å². The summed E-state index contributed by atoms with van der Waals surface area (Å²) >= 11 is 0. The van der Waals surface area contributed by atoms with Crippen molar-refractivity contribution < 1.29 is 0 Å². The summed E-state index contributed by atoms with van der Waals surface area (Å²) in [6.45, 7) is 2.19. The van der Waals surface area contributed by atoms with Crippen molar-refractivity contribution in [3.05, 3.63) is 23.9 Å². The number of piperazine rings is 1. The van der Waals surface area contributed by atoms with Gasteiger partial charge in [-0.2, -0.15) is 0 Å². The van der Waals surface area contributed by atoms with Crippen LogP contribution in [0.15, 0.2) is 18.3 Å². The first-order chi connectivity index (χ1) is 8.28. The second kappa shape index (κ2) is 4.05. The average Bonchev–Trinajstić information content (AvgIpc) is 2.61. The Bertz CT molecular complexity index is 432. The van der Waals surface area contributed by atoms with Gasteiger partial charge in [0.25, 0.3) is 0 Å². The molecule has 3 rings (SSSR count). The van der Waals surface area contributed by atoms with Gasteiger partial charge in [-0.15, -0.1) is 6.42 Å². The summed E-state index contributed by atoms with van der Waals surface area (Å²) in [5, 5.41) is 0. The molecular formula is C14H17N3. The third kappa shape index (κ3) is 1.79. The predicted octanol–water partition coefficient (Wildman–Crippen LogP) is 1.35. The van der Waals surface area contributed by atoms with E-state index in [0.717, 1.165) is 24.5 Å². The van der Waals surface area contributed by atoms with Crippen molar-refractivity contribution in [1.29, 1.82) is 0 Å². The highest BCUT2D eigenvalue weighted by Gasteiger charge is 2.37. The van der Waals surface area contributed by atoms with E-state index < -0.39 is 0 Å². The van der Waals surface area contributed by atoms with Crippen LogP contribution in [0.3, 0.4) is 0 Å². The molecule has 0 aliphatic carbocycles. The maximum atomic E-state index is 5.34. The quantitative estimate of drug-likeness (QED) is 0.675. The van der Waals surface area contributed by atoms with Gasteiger partial charge in [-0.05, 0) is 32.0 Å². The summed E-state index contributed by atoms with van der Waals surface area (Å²) in [6.07, 6.45) is 9.77. The second-order valence-corrected chi connectivity index (χ2v) is 5.00. The molecule has 0 aromatic carbocycles. The number of hydrogen-bond donors (Lipinski definition) is 0. The third-order valence-corrected chi connectivity index (χ3v) is 4.09. The summed E-state index contributed by atoms with van der Waals surface area (Å²) in [7, 11) is 2.24. The molecule has 3 nitrogen and oxygen atoms in total. The molecule has 3 heteroatoms. The molecule has 2 fully saturated rings. The molecule has 1 aromatic heterocycles. The Morgan fingerprint density at radius 2 is 2.00 bits per heavy atom. The van der Waals surface area contributed by atoms with Gasteiger partial charge in [0.15, 0.2) is 0 Å². The van der Waals surface area contributed by atoms with Crippen molar-refractivity contribution in [2.75, 3.05) is 25.0 Å². The molecule has 2 saturated heterocycles. The van der Waals surface area contributed by atoms with Crippen LogP contribution in [0.4, 0.5) is 5.82 Å². The molecule has 0 radical (unpaired) electrons. The van der Waals surface area contributed by atoms with Crippen LogP contribution in [0.2, 0.25) is 0 Å². The Hall–Kier alpha value is -1.53. The fourth-order valence-electron chi connectivity index (χ4n) is 2.96. The number of hydrogen-bond acceptors (Lipinski definition) is 3. The van der Waals surface area contributed by atoms with Crippen LogP contribution in [0.25, 0.3) is 0 Å². The lowest BCUT2D eigenvalue weighted by Gasteiger charge is -2.39. The fourth-order valence-corrected chi connectivity index (χ4v) is 2.96. The monoisotopic (exact) mass is 227 g/mol. The Morgan fingerprint density at radius 3 is 2.53 bits per heavy atom. The molecule has 2 bridgehead atoms. The van der Waals surface area contributed by atoms with Crippen molar-refractivity contribution in [3.8, 4) is 12.3 Å². The van der Waals surface area contributed by atoms with E-state index in [2.05, 4.69) is 27.8 Å². The van der Waals surface area contributed by atoms with E-state index in [1.54, 1.807) is 6.20 Å². The Morgan fingerprint density at radius 1 is 1.29 bits per heavy atom. The van der Waals surface area contributed by atoms with Crippen LogP contribution in [0.1, 0.15) is 18.4 Å². The molecule has 0 spiro atoms. The van der Waals surface area contributed by atoms with Gasteiger partial charge in [-0.3, -0.25) is 4.90 Å². The van der Waals surface area contributed by atoms with Gasteiger partial charge < -0.3 is 4.90 Å². The predicted molar refractivity (Wildman–Crippen MR) is 69.0 cm³/mol. The highest BCUT2D eigenvalue weighted by atomic mass is 15.3. The van der Waals surface area contributed by atoms with Crippen molar-refractivity contribution in [2.45, 2.75) is 24.9 Å². The molecule has 2 atom stereocenters. The van der Waals surface area contributed by atoms with Gasteiger partial charge in [0, 0.05) is 36.9 Å². The topological polar surface area (TPSA) is 19.4 Å². The maximum absolute atomic E-state index is 5.34. The fraction of sp³-hybridized carbons (Fsp3) is 0.500. The largest absolute Gasteiger partial charge is 0.353 e. The number of likely N-dealkylation sites (N-methyl/N-ethyl adjacent to an activating group) is 1. The van der Waals surface area contributed by atoms with E-state index in [1.807, 2.05) is 12.1 Å². The first kappa shape index (κ1) is 10.6. The minimum atomic E-state index is 0.697. The zero-order valence-corrected chi connectivity index (χ0v) is 10.1. The van der Waals surface area contributed by atoms with Gasteiger partial charge in [0.2, 0.25) is 0 Å². The molecule has 88 valence electrons. The lowest BCUT2D eigenvalue weighted by molar-refractivity contribution is 0.212. The van der Waals surface area contributed by atoms with Crippen LogP contribution in [-0.4, -0.2) is 42.1 Å². The Labute approximate surface area is 102 Å². The lowest BCUT2D eigenvalue weighted by Crippen LogP contribution is -2.52. The summed E-state index contributed by atoms with van der Waals surface area (Å²) in [5.41, 5.74) is 0.853. The highest BCUT2D eigenvalue weighted by molar-refractivity contribution is 5.44. The zero-order chi connectivity index (χ0) is 11.8. The first-order valence-electron chi connectivity index (χ1n) is 6.17. The number of anilines is 1. The smallest absolute Gasteiger partial charge is 0.128 e. The highest BCUT2D eigenvalue weighted by Crippen LogP contribution is 2.30. The first-order valence-corrected chi connectivity index (χ1v) is 6.17. The van der Waals surface area contributed by atoms with Crippen molar-refractivity contribution in [3.63, 3.8) is 0 Å². The molecule has 1 aromatic rings. The van der Waals surface area contributed by atoms with Crippen molar-refractivity contribution >= 4 is 5.82 Å². The Balaban J connectivity index is 1.79. The molecule has 17 heavy (non-hydrogen) atoms. The van der Waals surface area contributed by atoms with Gasteiger partial charge >= 0.3 is 0 Å². The average molecular weight is 227 g/mol. The summed E-state index contributed by atoms with van der Waals surface area (Å²) in [4.78, 5) is 9.37. The van der Waals surface area contributed by atoms with E-state index in [-0.39, 0.29) is 0 Å². The van der Waals surface area contributed by atoms with Gasteiger partial charge in [0.05, 0.1) is 0 Å². The van der Waals surface area contributed by atoms with Crippen LogP contribution < -0.4 is 4.90 Å². The van der Waals surface area contributed by atoms with E-state index >= 15 is 0 Å². The third-order valence-electron chi connectivity index (χ3n) is 4.09. The number of terminal acetylenes is 1. The maximum Gasteiger partial charge on any atom is 0.128 e. The number of rotatable bonds is 1. The van der Waals surface area contributed by atoms with Gasteiger partial charge in [-0.25, -0.2) is 4.98 Å². The Kier molecular flexibility index (Phi) is 2.53. The normalized spacial score (nSPS) is 28.1. The zero-order valence-electron chi connectivity index (χ0n) is 10.1. The van der Waals surface area contributed by atoms with E-state index in [1.165, 1.54) is 12.8 Å². The standard InChI is InChI=1S/C14H17N3/c1-3-11-4-7-14(15-8-11)17-9-12-5-6-13(10-17)16(12)2/h1,4,7-8,12-13H,5-6,9-10H2,2H3. The molecule has 2 unspecified atom stereocenters. The van der Waals surface area contributed by atoms with Crippen LogP contribution >= 0.6 is 0 Å². The number of pyridine rings is 1. The number of fused-ring (bicyclic) bond motifs is 2. The lowest BCUT2D eigenvalue weighted by atomic mass is 10.2.